The van der Waals surface area contributed by atoms with Gasteiger partial charge in [-0.05, 0) is 94.8 Å². The highest BCUT2D eigenvalue weighted by molar-refractivity contribution is 8.34. The predicted molar refractivity (Wildman–Crippen MR) is 274 cm³/mol. The van der Waals surface area contributed by atoms with E-state index in [0.29, 0.717) is 5.95 Å². The van der Waals surface area contributed by atoms with Gasteiger partial charge in [-0.1, -0.05) is 169 Å². The minimum Gasteiger partial charge on any atom is -0.294 e. The van der Waals surface area contributed by atoms with Crippen LogP contribution in [0, 0.1) is 0 Å². The van der Waals surface area contributed by atoms with Crippen LogP contribution in [0.3, 0.4) is 0 Å². The van der Waals surface area contributed by atoms with Gasteiger partial charge in [0.25, 0.3) is 0 Å². The summed E-state index contributed by atoms with van der Waals surface area (Å²) in [4.78, 5) is 16.4. The third kappa shape index (κ3) is 6.68. The number of hydrogen-bond acceptors (Lipinski definition) is 2. The van der Waals surface area contributed by atoms with Gasteiger partial charge in [0.1, 0.15) is 5.82 Å². The molecular weight excluding hydrogens is 809 g/mol. The molecule has 0 bridgehead atoms. The SMILES string of the molecule is CC(C)(C)c1cc(C(C)(C)C)c2c(c1)c1ccccc1n2-c1nc(-c2cccc(S(c3ccccc3)(c3ccccc3)c3ccccc3)c2)cc(-n2c3ccccc3c3ccccc32)n1. The van der Waals surface area contributed by atoms with E-state index >= 15 is 0 Å². The number of para-hydroxylation sites is 3. The molecule has 0 N–H and O–H groups in total. The van der Waals surface area contributed by atoms with Gasteiger partial charge in [0.15, 0.2) is 0 Å². The second-order valence-corrected chi connectivity index (χ2v) is 22.2. The van der Waals surface area contributed by atoms with Crippen LogP contribution in [-0.2, 0) is 10.8 Å². The number of hydrogen-bond donors (Lipinski definition) is 0. The Balaban J connectivity index is 1.25. The van der Waals surface area contributed by atoms with Gasteiger partial charge in [0.05, 0.1) is 27.8 Å². The summed E-state index contributed by atoms with van der Waals surface area (Å²) in [6, 6.07) is 75.5. The Kier molecular flexibility index (Phi) is 9.67. The Morgan fingerprint density at radius 3 is 1.35 bits per heavy atom. The highest BCUT2D eigenvalue weighted by Gasteiger charge is 2.34. The lowest BCUT2D eigenvalue weighted by atomic mass is 9.79. The molecule has 8 aromatic carbocycles. The molecule has 318 valence electrons. The highest BCUT2D eigenvalue weighted by Crippen LogP contribution is 2.73. The predicted octanol–water partition coefficient (Wildman–Crippen LogP) is 16.3. The van der Waals surface area contributed by atoms with Crippen molar-refractivity contribution in [1.29, 1.82) is 0 Å². The Bertz CT molecular complexity index is 3400. The van der Waals surface area contributed by atoms with E-state index in [9.17, 15) is 0 Å². The summed E-state index contributed by atoms with van der Waals surface area (Å²) in [5.41, 5.74) is 8.68. The monoisotopic (exact) mass is 860 g/mol. The minimum atomic E-state index is -1.96. The fraction of sp³-hybridized carbons (Fsp3) is 0.133. The van der Waals surface area contributed by atoms with Crippen molar-refractivity contribution < 1.29 is 0 Å². The molecule has 3 heterocycles. The molecule has 3 aromatic heterocycles. The van der Waals surface area contributed by atoms with Gasteiger partial charge in [-0.2, -0.15) is 4.98 Å². The van der Waals surface area contributed by atoms with E-state index in [0.717, 1.165) is 39.1 Å². The van der Waals surface area contributed by atoms with Crippen molar-refractivity contribution in [2.75, 3.05) is 0 Å². The summed E-state index contributed by atoms with van der Waals surface area (Å²) in [5, 5.41) is 4.79. The summed E-state index contributed by atoms with van der Waals surface area (Å²) in [5.74, 6) is 1.45. The molecule has 0 saturated carbocycles. The standard InChI is InChI=1S/C60H52N4S/c1-59(2,3)42-38-50-49-33-18-21-36-55(49)64(57(50)51(39-42)60(4,5)6)58-61-52(40-56(62-58)63-53-34-19-16-31-47(53)48-32-17-20-35-54(48)63)41-23-22-30-46(37-41)65(43-24-10-7-11-25-43,44-26-12-8-13-27-44)45-28-14-9-15-29-45/h7-40H,1-6H3. The fourth-order valence-corrected chi connectivity index (χ4v) is 13.7. The average Bonchev–Trinajstić information content (AvgIpc) is 3.85. The molecule has 11 rings (SSSR count). The van der Waals surface area contributed by atoms with E-state index in [1.165, 1.54) is 52.3 Å². The van der Waals surface area contributed by atoms with Crippen LogP contribution in [-0.4, -0.2) is 19.1 Å². The first-order valence-corrected chi connectivity index (χ1v) is 24.2. The maximum absolute atomic E-state index is 5.70. The quantitative estimate of drug-likeness (QED) is 0.160. The van der Waals surface area contributed by atoms with Crippen molar-refractivity contribution in [3.8, 4) is 23.0 Å². The Hall–Kier alpha value is -7.21. The van der Waals surface area contributed by atoms with Gasteiger partial charge in [-0.3, -0.25) is 9.13 Å². The Labute approximate surface area is 383 Å². The largest absolute Gasteiger partial charge is 0.294 e. The van der Waals surface area contributed by atoms with E-state index in [2.05, 4.69) is 257 Å². The highest BCUT2D eigenvalue weighted by atomic mass is 32.3. The normalized spacial score (nSPS) is 12.7. The van der Waals surface area contributed by atoms with Gasteiger partial charge >= 0.3 is 0 Å². The summed E-state index contributed by atoms with van der Waals surface area (Å²) >= 11 is 0. The van der Waals surface area contributed by atoms with Crippen molar-refractivity contribution in [3.05, 3.63) is 217 Å². The van der Waals surface area contributed by atoms with Gasteiger partial charge in [-0.15, -0.1) is 10.0 Å². The smallest absolute Gasteiger partial charge is 0.237 e. The molecule has 0 unspecified atom stereocenters. The molecule has 11 aromatic rings. The molecule has 0 saturated heterocycles. The number of benzene rings is 8. The number of fused-ring (bicyclic) bond motifs is 6. The summed E-state index contributed by atoms with van der Waals surface area (Å²) < 4.78 is 4.67. The van der Waals surface area contributed by atoms with Crippen LogP contribution in [0.1, 0.15) is 52.7 Å². The van der Waals surface area contributed by atoms with Gasteiger partial charge in [0.2, 0.25) is 5.95 Å². The van der Waals surface area contributed by atoms with Gasteiger partial charge in [0, 0.05) is 52.8 Å². The summed E-state index contributed by atoms with van der Waals surface area (Å²) in [6.45, 7) is 13.9. The molecule has 0 amide bonds. The molecule has 0 fully saturated rings. The van der Waals surface area contributed by atoms with E-state index < -0.39 is 10.0 Å². The molecule has 4 nitrogen and oxygen atoms in total. The molecule has 0 atom stereocenters. The van der Waals surface area contributed by atoms with Crippen LogP contribution in [0.2, 0.25) is 0 Å². The molecule has 65 heavy (non-hydrogen) atoms. The van der Waals surface area contributed by atoms with Gasteiger partial charge in [-0.25, -0.2) is 4.98 Å². The zero-order valence-corrected chi connectivity index (χ0v) is 38.6. The van der Waals surface area contributed by atoms with E-state index in [1.54, 1.807) is 0 Å². The molecule has 5 heteroatoms. The lowest BCUT2D eigenvalue weighted by Gasteiger charge is -2.42. The molecule has 0 aliphatic rings. The van der Waals surface area contributed by atoms with Crippen molar-refractivity contribution in [3.63, 3.8) is 0 Å². The topological polar surface area (TPSA) is 35.6 Å². The minimum absolute atomic E-state index is 0.0427. The first-order valence-electron chi connectivity index (χ1n) is 22.6. The second-order valence-electron chi connectivity index (χ2n) is 19.1. The first kappa shape index (κ1) is 40.6. The molecule has 0 aliphatic carbocycles. The zero-order chi connectivity index (χ0) is 44.5. The lowest BCUT2D eigenvalue weighted by Crippen LogP contribution is -2.18. The summed E-state index contributed by atoms with van der Waals surface area (Å²) in [7, 11) is -1.96. The average molecular weight is 861 g/mol. The lowest BCUT2D eigenvalue weighted by molar-refractivity contribution is 0.572. The Morgan fingerprint density at radius 1 is 0.385 bits per heavy atom. The van der Waals surface area contributed by atoms with Crippen LogP contribution in [0.25, 0.3) is 66.6 Å². The second kappa shape index (κ2) is 15.5. The fourth-order valence-electron chi connectivity index (χ4n) is 9.80. The zero-order valence-electron chi connectivity index (χ0n) is 37.8. The van der Waals surface area contributed by atoms with Crippen LogP contribution in [0.15, 0.2) is 226 Å². The van der Waals surface area contributed by atoms with Gasteiger partial charge < -0.3 is 0 Å². The van der Waals surface area contributed by atoms with E-state index in [1.807, 2.05) is 0 Å². The maximum Gasteiger partial charge on any atom is 0.237 e. The Morgan fingerprint density at radius 2 is 0.846 bits per heavy atom. The van der Waals surface area contributed by atoms with Crippen LogP contribution >= 0.6 is 10.0 Å². The summed E-state index contributed by atoms with van der Waals surface area (Å²) in [6.07, 6.45) is 0. The van der Waals surface area contributed by atoms with Crippen molar-refractivity contribution in [2.24, 2.45) is 0 Å². The maximum atomic E-state index is 5.70. The van der Waals surface area contributed by atoms with E-state index in [4.69, 9.17) is 9.97 Å². The first-order chi connectivity index (χ1) is 31.5. The third-order valence-corrected chi connectivity index (χ3v) is 16.8. The van der Waals surface area contributed by atoms with Crippen molar-refractivity contribution in [1.82, 2.24) is 19.1 Å². The van der Waals surface area contributed by atoms with Crippen LogP contribution in [0.4, 0.5) is 0 Å². The van der Waals surface area contributed by atoms with Crippen LogP contribution < -0.4 is 0 Å². The van der Waals surface area contributed by atoms with Crippen molar-refractivity contribution >= 4 is 53.6 Å². The van der Waals surface area contributed by atoms with Crippen molar-refractivity contribution in [2.45, 2.75) is 72.0 Å². The number of aromatic nitrogens is 4. The third-order valence-electron chi connectivity index (χ3n) is 12.9. The number of rotatable bonds is 7. The molecule has 0 spiro atoms. The number of nitrogens with zero attached hydrogens (tertiary/aromatic N) is 4. The molecular formula is C60H52N4S. The molecule has 0 aliphatic heterocycles. The van der Waals surface area contributed by atoms with E-state index in [-0.39, 0.29) is 10.8 Å². The van der Waals surface area contributed by atoms with Crippen LogP contribution in [0.5, 0.6) is 0 Å². The molecule has 0 radical (unpaired) electrons.